The van der Waals surface area contributed by atoms with E-state index in [2.05, 4.69) is 27.7 Å². The number of unbranched alkanes of at least 4 members (excludes halogenated alkanes) is 28. The maximum Gasteiger partial charge on any atom is 0.306 e. The lowest BCUT2D eigenvalue weighted by Crippen LogP contribution is -2.30. The van der Waals surface area contributed by atoms with Crippen molar-refractivity contribution < 1.29 is 28.6 Å². The number of rotatable bonds is 42. The summed E-state index contributed by atoms with van der Waals surface area (Å²) in [6.07, 6.45) is 40.8. The molecular formula is C47H90O6. The van der Waals surface area contributed by atoms with Crippen LogP contribution in [0.25, 0.3) is 0 Å². The van der Waals surface area contributed by atoms with Crippen LogP contribution in [0.4, 0.5) is 0 Å². The van der Waals surface area contributed by atoms with Crippen molar-refractivity contribution in [1.29, 1.82) is 0 Å². The van der Waals surface area contributed by atoms with Crippen LogP contribution in [0, 0.1) is 5.92 Å². The van der Waals surface area contributed by atoms with E-state index in [0.29, 0.717) is 19.3 Å². The first-order valence-corrected chi connectivity index (χ1v) is 23.4. The van der Waals surface area contributed by atoms with E-state index < -0.39 is 6.10 Å². The fraction of sp³-hybridized carbons (Fsp3) is 0.936. The minimum Gasteiger partial charge on any atom is -0.462 e. The molecule has 0 aliphatic rings. The summed E-state index contributed by atoms with van der Waals surface area (Å²) in [7, 11) is 0. The Morgan fingerprint density at radius 1 is 0.377 bits per heavy atom. The molecule has 0 aromatic carbocycles. The van der Waals surface area contributed by atoms with Gasteiger partial charge < -0.3 is 14.2 Å². The second-order valence-corrected chi connectivity index (χ2v) is 16.3. The van der Waals surface area contributed by atoms with E-state index in [1.807, 2.05) is 0 Å². The van der Waals surface area contributed by atoms with Gasteiger partial charge in [-0.05, 0) is 25.2 Å². The van der Waals surface area contributed by atoms with Crippen molar-refractivity contribution in [3.05, 3.63) is 0 Å². The first-order valence-electron chi connectivity index (χ1n) is 23.4. The maximum atomic E-state index is 12.7. The molecule has 0 fully saturated rings. The van der Waals surface area contributed by atoms with Crippen LogP contribution in [-0.4, -0.2) is 37.2 Å². The Hall–Kier alpha value is -1.59. The highest BCUT2D eigenvalue weighted by molar-refractivity contribution is 5.71. The lowest BCUT2D eigenvalue weighted by atomic mass is 10.00. The second kappa shape index (κ2) is 41.6. The van der Waals surface area contributed by atoms with Gasteiger partial charge in [0.1, 0.15) is 13.2 Å². The van der Waals surface area contributed by atoms with E-state index in [4.69, 9.17) is 14.2 Å². The van der Waals surface area contributed by atoms with Gasteiger partial charge in [0.05, 0.1) is 0 Å². The standard InChI is InChI=1S/C47H90O6/c1-5-8-10-12-14-16-18-19-20-22-23-25-30-34-38-45(48)51-41-44(42-52-46(49)39-35-31-28-27-29-33-37-43(4)7-3)53-47(50)40-36-32-26-24-21-17-15-13-11-9-6-2/h43-44H,5-42H2,1-4H3/t43?,44-/m1/s1. The summed E-state index contributed by atoms with van der Waals surface area (Å²) in [4.78, 5) is 37.7. The van der Waals surface area contributed by atoms with E-state index in [1.165, 1.54) is 154 Å². The van der Waals surface area contributed by atoms with E-state index >= 15 is 0 Å². The molecule has 2 atom stereocenters. The van der Waals surface area contributed by atoms with Gasteiger partial charge in [0.2, 0.25) is 0 Å². The largest absolute Gasteiger partial charge is 0.462 e. The fourth-order valence-electron chi connectivity index (χ4n) is 6.95. The van der Waals surface area contributed by atoms with Crippen LogP contribution < -0.4 is 0 Å². The molecule has 0 heterocycles. The van der Waals surface area contributed by atoms with Crippen LogP contribution in [-0.2, 0) is 28.6 Å². The summed E-state index contributed by atoms with van der Waals surface area (Å²) in [5.74, 6) is -0.0408. The van der Waals surface area contributed by atoms with Crippen molar-refractivity contribution in [3.8, 4) is 0 Å². The van der Waals surface area contributed by atoms with Gasteiger partial charge in [0, 0.05) is 19.3 Å². The van der Waals surface area contributed by atoms with Gasteiger partial charge in [0.15, 0.2) is 6.10 Å². The molecule has 6 nitrogen and oxygen atoms in total. The van der Waals surface area contributed by atoms with Crippen LogP contribution >= 0.6 is 0 Å². The van der Waals surface area contributed by atoms with Crippen molar-refractivity contribution in [3.63, 3.8) is 0 Å². The molecule has 1 unspecified atom stereocenters. The van der Waals surface area contributed by atoms with Crippen LogP contribution in [0.1, 0.15) is 259 Å². The van der Waals surface area contributed by atoms with Crippen LogP contribution in [0.3, 0.4) is 0 Å². The molecule has 314 valence electrons. The lowest BCUT2D eigenvalue weighted by molar-refractivity contribution is -0.167. The van der Waals surface area contributed by atoms with Crippen molar-refractivity contribution >= 4 is 17.9 Å². The predicted octanol–water partition coefficient (Wildman–Crippen LogP) is 14.7. The van der Waals surface area contributed by atoms with Gasteiger partial charge in [-0.3, -0.25) is 14.4 Å². The summed E-state index contributed by atoms with van der Waals surface area (Å²) < 4.78 is 16.7. The zero-order valence-corrected chi connectivity index (χ0v) is 36.0. The molecule has 0 radical (unpaired) electrons. The Morgan fingerprint density at radius 2 is 0.660 bits per heavy atom. The SMILES string of the molecule is CCCCCCCCCCCCCCCCC(=O)OC[C@H](COC(=O)CCCCCCCCC(C)CC)OC(=O)CCCCCCCCCCCCC. The molecule has 6 heteroatoms. The highest BCUT2D eigenvalue weighted by Gasteiger charge is 2.19. The van der Waals surface area contributed by atoms with E-state index in [1.54, 1.807) is 0 Å². The van der Waals surface area contributed by atoms with Crippen LogP contribution in [0.2, 0.25) is 0 Å². The van der Waals surface area contributed by atoms with Gasteiger partial charge in [0.25, 0.3) is 0 Å². The number of hydrogen-bond donors (Lipinski definition) is 0. The minimum absolute atomic E-state index is 0.0641. The summed E-state index contributed by atoms with van der Waals surface area (Å²) in [6, 6.07) is 0. The monoisotopic (exact) mass is 751 g/mol. The molecule has 0 aliphatic carbocycles. The first kappa shape index (κ1) is 51.4. The zero-order chi connectivity index (χ0) is 38.9. The topological polar surface area (TPSA) is 78.9 Å². The Kier molecular flexibility index (Phi) is 40.3. The summed E-state index contributed by atoms with van der Waals surface area (Å²) >= 11 is 0. The lowest BCUT2D eigenvalue weighted by Gasteiger charge is -2.18. The predicted molar refractivity (Wildman–Crippen MR) is 224 cm³/mol. The molecule has 0 N–H and O–H groups in total. The van der Waals surface area contributed by atoms with E-state index in [9.17, 15) is 14.4 Å². The molecule has 0 aromatic heterocycles. The van der Waals surface area contributed by atoms with Gasteiger partial charge in [-0.2, -0.15) is 0 Å². The third kappa shape index (κ3) is 39.9. The summed E-state index contributed by atoms with van der Waals surface area (Å²) in [5, 5.41) is 0. The average molecular weight is 751 g/mol. The van der Waals surface area contributed by atoms with Gasteiger partial charge in [-0.1, -0.05) is 220 Å². The van der Waals surface area contributed by atoms with Crippen LogP contribution in [0.15, 0.2) is 0 Å². The molecule has 0 rings (SSSR count). The Morgan fingerprint density at radius 3 is 0.981 bits per heavy atom. The number of esters is 3. The van der Waals surface area contributed by atoms with Gasteiger partial charge in [-0.25, -0.2) is 0 Å². The summed E-state index contributed by atoms with van der Waals surface area (Å²) in [6.45, 7) is 8.97. The highest BCUT2D eigenvalue weighted by Crippen LogP contribution is 2.17. The van der Waals surface area contributed by atoms with E-state index in [-0.39, 0.29) is 31.1 Å². The molecule has 0 spiro atoms. The molecule has 0 aliphatic heterocycles. The summed E-state index contributed by atoms with van der Waals surface area (Å²) in [5.41, 5.74) is 0. The van der Waals surface area contributed by atoms with Gasteiger partial charge in [-0.15, -0.1) is 0 Å². The molecule has 0 saturated carbocycles. The number of hydrogen-bond acceptors (Lipinski definition) is 6. The van der Waals surface area contributed by atoms with Crippen molar-refractivity contribution in [1.82, 2.24) is 0 Å². The smallest absolute Gasteiger partial charge is 0.306 e. The number of carbonyl (C=O) groups is 3. The number of carbonyl (C=O) groups excluding carboxylic acids is 3. The Bertz CT molecular complexity index is 798. The average Bonchev–Trinajstić information content (AvgIpc) is 3.15. The van der Waals surface area contributed by atoms with Gasteiger partial charge >= 0.3 is 17.9 Å². The molecule has 0 bridgehead atoms. The quantitative estimate of drug-likeness (QED) is 0.0351. The molecule has 0 saturated heterocycles. The third-order valence-corrected chi connectivity index (χ3v) is 10.9. The first-order chi connectivity index (χ1) is 25.9. The normalized spacial score (nSPS) is 12.5. The second-order valence-electron chi connectivity index (χ2n) is 16.3. The van der Waals surface area contributed by atoms with Crippen molar-refractivity contribution in [2.75, 3.05) is 13.2 Å². The molecular weight excluding hydrogens is 661 g/mol. The fourth-order valence-corrected chi connectivity index (χ4v) is 6.95. The van der Waals surface area contributed by atoms with Crippen LogP contribution in [0.5, 0.6) is 0 Å². The number of ether oxygens (including phenoxy) is 3. The van der Waals surface area contributed by atoms with Crippen molar-refractivity contribution in [2.24, 2.45) is 5.92 Å². The Labute approximate surface area is 329 Å². The highest BCUT2D eigenvalue weighted by atomic mass is 16.6. The minimum atomic E-state index is -0.759. The Balaban J connectivity index is 4.32. The molecule has 53 heavy (non-hydrogen) atoms. The zero-order valence-electron chi connectivity index (χ0n) is 36.0. The molecule has 0 aromatic rings. The maximum absolute atomic E-state index is 12.7. The van der Waals surface area contributed by atoms with Crippen molar-refractivity contribution in [2.45, 2.75) is 265 Å². The molecule has 0 amide bonds. The van der Waals surface area contributed by atoms with E-state index in [0.717, 1.165) is 63.7 Å². The third-order valence-electron chi connectivity index (χ3n) is 10.9.